The zero-order valence-electron chi connectivity index (χ0n) is 84.5. The van der Waals surface area contributed by atoms with E-state index in [0.29, 0.717) is 61.6 Å². The summed E-state index contributed by atoms with van der Waals surface area (Å²) >= 11 is 6.15. The van der Waals surface area contributed by atoms with Crippen LogP contribution in [-0.2, 0) is 115 Å². The topological polar surface area (TPSA) is 629 Å². The normalized spacial score (nSPS) is 30.1. The van der Waals surface area contributed by atoms with Gasteiger partial charge in [0.2, 0.25) is 35.4 Å². The molecular formula is C94H139ClF6N14O32S2Si. The predicted octanol–water partition coefficient (Wildman–Crippen LogP) is 9.88. The highest BCUT2D eigenvalue weighted by Gasteiger charge is 2.59. The van der Waals surface area contributed by atoms with Gasteiger partial charge < -0.3 is 68.5 Å². The zero-order chi connectivity index (χ0) is 111. The van der Waals surface area contributed by atoms with Crippen molar-refractivity contribution >= 4 is 109 Å². The lowest BCUT2D eigenvalue weighted by atomic mass is 9.84. The number of aromatic nitrogens is 2. The van der Waals surface area contributed by atoms with Crippen molar-refractivity contribution in [1.29, 1.82) is 0 Å². The number of aliphatic hydroxyl groups excluding tert-OH is 6. The molecule has 15 rings (SSSR count). The van der Waals surface area contributed by atoms with Gasteiger partial charge in [-0.25, -0.2) is 0 Å². The second-order valence-corrected chi connectivity index (χ2v) is 49.6. The smallest absolute Gasteiger partial charge is 0.461 e. The van der Waals surface area contributed by atoms with Crippen LogP contribution in [0.2, 0.25) is 18.1 Å². The Bertz CT molecular complexity index is 5270. The number of halogens is 7. The van der Waals surface area contributed by atoms with Crippen molar-refractivity contribution in [2.45, 2.75) is 333 Å². The second kappa shape index (κ2) is 54.7. The van der Waals surface area contributed by atoms with Crippen molar-refractivity contribution < 1.29 is 173 Å². The number of hydrogen-bond donors (Lipinski definition) is 6. The highest BCUT2D eigenvalue weighted by atomic mass is 35.6. The lowest BCUT2D eigenvalue weighted by molar-refractivity contribution is -0.162. The van der Waals surface area contributed by atoms with E-state index in [4.69, 9.17) is 70.2 Å². The Balaban J connectivity index is 0.000000298. The summed E-state index contributed by atoms with van der Waals surface area (Å²) in [6.07, 6.45) is 21.5. The molecule has 46 nitrogen and oxygen atoms in total. The Labute approximate surface area is 871 Å². The van der Waals surface area contributed by atoms with Crippen molar-refractivity contribution in [2.75, 3.05) is 52.7 Å². The summed E-state index contributed by atoms with van der Waals surface area (Å²) in [5, 5.41) is 63.2. The number of carbonyl (C=O) groups is 12. The maximum absolute atomic E-state index is 11.9. The Morgan fingerprint density at radius 3 is 1.05 bits per heavy atom. The molecule has 0 aliphatic carbocycles. The summed E-state index contributed by atoms with van der Waals surface area (Å²) in [4.78, 5) is 166. The van der Waals surface area contributed by atoms with Gasteiger partial charge in [-0.15, -0.1) is 3.63 Å². The Morgan fingerprint density at radius 1 is 0.453 bits per heavy atom. The number of allylic oxidation sites excluding steroid dienone is 6. The molecule has 6 N–H and O–H groups in total. The van der Waals surface area contributed by atoms with Crippen LogP contribution in [0.4, 0.5) is 26.3 Å². The molecule has 150 heavy (non-hydrogen) atoms. The fraction of sp³-hybridized carbons (Fsp3) is 0.702. The number of fused-ring (bicyclic) bond motifs is 4. The first-order valence-electron chi connectivity index (χ1n) is 47.7. The molecule has 0 aromatic carbocycles. The van der Waals surface area contributed by atoms with E-state index in [0.717, 1.165) is 32.1 Å². The summed E-state index contributed by atoms with van der Waals surface area (Å²) in [6, 6.07) is 1.82. The molecule has 6 amide bonds. The van der Waals surface area contributed by atoms with Gasteiger partial charge in [0.1, 0.15) is 73.1 Å². The molecule has 842 valence electrons. The van der Waals surface area contributed by atoms with Gasteiger partial charge in [-0.05, 0) is 152 Å². The van der Waals surface area contributed by atoms with E-state index in [9.17, 15) is 126 Å². The van der Waals surface area contributed by atoms with Crippen LogP contribution >= 0.6 is 11.1 Å². The summed E-state index contributed by atoms with van der Waals surface area (Å²) in [5.74, 6) is -1.69. The number of aliphatic hydroxyl groups is 6. The summed E-state index contributed by atoms with van der Waals surface area (Å²) in [6.45, 7) is 30.9. The van der Waals surface area contributed by atoms with E-state index in [2.05, 4.69) is 93.5 Å². The predicted molar refractivity (Wildman–Crippen MR) is 524 cm³/mol. The van der Waals surface area contributed by atoms with Gasteiger partial charge in [-0.2, -0.15) is 59.2 Å². The molecule has 0 saturated carbocycles. The van der Waals surface area contributed by atoms with Gasteiger partial charge in [0, 0.05) is 65.7 Å². The third kappa shape index (κ3) is 32.6. The van der Waals surface area contributed by atoms with E-state index in [1.165, 1.54) is 98.0 Å². The molecule has 0 radical (unpaired) electrons. The molecule has 1 aromatic rings. The summed E-state index contributed by atoms with van der Waals surface area (Å²) in [7, 11) is -15.1. The average molecular weight is 2220 g/mol. The minimum atomic E-state index is -6.85. The van der Waals surface area contributed by atoms with Gasteiger partial charge in [-0.3, -0.25) is 96.3 Å². The molecule has 7 fully saturated rings. The van der Waals surface area contributed by atoms with Gasteiger partial charge in [0.15, 0.2) is 42.1 Å². The van der Waals surface area contributed by atoms with Gasteiger partial charge in [0.25, 0.3) is 5.56 Å². The number of ketones is 6. The first-order valence-corrected chi connectivity index (χ1v) is 54.6. The molecule has 0 unspecified atom stereocenters. The maximum atomic E-state index is 11.9. The zero-order valence-corrected chi connectivity index (χ0v) is 87.9. The molecule has 0 spiro atoms. The van der Waals surface area contributed by atoms with Crippen molar-refractivity contribution in [3.05, 3.63) is 117 Å². The standard InChI is InChI=1S/C14H21NO3.C13H18N4O3.C12H16N4O4.C12H16N2O3.C12H17NO5.C11H15NO4.C10H13NO5.C6H15ClSi.C2F6O5S2.2CH4/c1-4-14(5-2)10(3)8-13(18-14)15-7-6-11(16)9-12(15)17;1-3-13(8-15-16-14)9(2)6-12(20-13)17-5-4-10(18)7-11(17)19;1-8-4-11(16-3-2-9(18)5-10(16)19)20-12(8,7-17)6-14-15-13;1-3-12-7-16-11-13-9(15)4-5-14(11)10(17-12)6-8(12)2;1-8-4-11(18-12(8,6-14)7-15)13-3-2-9(16)5-10(13)17;1-7-4-11(16-9(7)6-13)12-3-2-8(14)5-10(12)15;12-5-8-7(14)4-10(16-8)11-2-1-6(13)3-9(11)15;1-6(2,3)8(4,5)7;3-1(4,5)14(9,10)13-15(11,12)2(6,7)8;;/h6-7,10,13H,4-5,8-9H2,1-3H3;4-5,9,12H,3,6-8H2,1-2H3;2-3,8,11,17H,4-7H2,1H3;4-5,8,10H,3,6-7H2,1-2H3;2-3,8,11,14-15H,4-7H2,1H3;2-3,7,9,11,13H,4-6H2,1H3;1-2,7-8,10,12,14H,3-5H2;1-5H3;;2*1H4/t10-,13+;9-,12+,13-;8-,11+,12+;8-,10+,12+;8-,11+;7-,9+,11+;7-,8+,10+;;;;/m0000000..../s1. The van der Waals surface area contributed by atoms with Crippen LogP contribution in [0.15, 0.2) is 101 Å². The largest absolute Gasteiger partial charge is 0.524 e. The Hall–Kier alpha value is -9.99. The highest BCUT2D eigenvalue weighted by Crippen LogP contribution is 2.49. The lowest BCUT2D eigenvalue weighted by Gasteiger charge is -2.33. The monoisotopic (exact) mass is 2220 g/mol. The van der Waals surface area contributed by atoms with E-state index < -0.39 is 92.6 Å². The summed E-state index contributed by atoms with van der Waals surface area (Å²) in [5.41, 5.74) is 1.24. The quantitative estimate of drug-likeness (QED) is 0.00973. The Morgan fingerprint density at radius 2 is 0.753 bits per heavy atom. The van der Waals surface area contributed by atoms with Gasteiger partial charge >= 0.3 is 37.3 Å². The van der Waals surface area contributed by atoms with Crippen molar-refractivity contribution in [2.24, 2.45) is 45.7 Å². The molecule has 15 heterocycles. The van der Waals surface area contributed by atoms with Crippen LogP contribution in [-0.4, -0.2) is 311 Å². The second-order valence-electron chi connectivity index (χ2n) is 39.1. The third-order valence-corrected chi connectivity index (χ3v) is 36.2. The first-order chi connectivity index (χ1) is 68.9. The fourth-order valence-electron chi connectivity index (χ4n) is 17.6. The van der Waals surface area contributed by atoms with E-state index in [1.807, 2.05) is 42.8 Å². The van der Waals surface area contributed by atoms with Gasteiger partial charge in [0.05, 0.1) is 108 Å². The number of hydrogen-bond acceptors (Lipinski definition) is 35. The van der Waals surface area contributed by atoms with Crippen LogP contribution in [0, 0.1) is 35.5 Å². The van der Waals surface area contributed by atoms with Crippen molar-refractivity contribution in [1.82, 2.24) is 39.0 Å². The molecular weight excluding hydrogens is 2080 g/mol. The average Bonchev–Trinajstić information content (AvgIpc) is 1.59. The number of amides is 6. The molecule has 2 bridgehead atoms. The van der Waals surface area contributed by atoms with E-state index in [-0.39, 0.29) is 241 Å². The summed E-state index contributed by atoms with van der Waals surface area (Å²) < 4.78 is 158. The lowest BCUT2D eigenvalue weighted by Crippen LogP contribution is -2.45. The van der Waals surface area contributed by atoms with Crippen molar-refractivity contribution in [3.8, 4) is 6.01 Å². The molecule has 56 heteroatoms. The van der Waals surface area contributed by atoms with Crippen LogP contribution in [0.3, 0.4) is 0 Å². The molecule has 14 aliphatic rings. The third-order valence-electron chi connectivity index (χ3n) is 28.4. The van der Waals surface area contributed by atoms with Crippen LogP contribution in [0.25, 0.3) is 20.9 Å². The van der Waals surface area contributed by atoms with Crippen LogP contribution in [0.5, 0.6) is 6.01 Å². The maximum Gasteiger partial charge on any atom is 0.524 e. The van der Waals surface area contributed by atoms with E-state index >= 15 is 0 Å². The van der Waals surface area contributed by atoms with Gasteiger partial charge in [-0.1, -0.05) is 128 Å². The molecule has 14 aliphatic heterocycles. The molecule has 1 aromatic heterocycles. The van der Waals surface area contributed by atoms with Crippen LogP contribution < -0.4 is 10.3 Å². The first kappa shape index (κ1) is 130. The number of nitrogens with zero attached hydrogens (tertiary/aromatic N) is 14. The number of azide groups is 2. The highest BCUT2D eigenvalue weighted by molar-refractivity contribution is 8.00. The molecule has 19 atom stereocenters. The minimum Gasteiger partial charge on any atom is -0.461 e. The fourth-order valence-corrected chi connectivity index (χ4v) is 19.1. The number of ether oxygens (including phenoxy) is 8. The molecule has 7 saturated heterocycles. The number of alkyl halides is 6. The van der Waals surface area contributed by atoms with E-state index in [1.54, 1.807) is 17.3 Å². The van der Waals surface area contributed by atoms with Crippen molar-refractivity contribution in [3.63, 3.8) is 0 Å². The number of carbonyl (C=O) groups excluding carboxylic acids is 12. The SMILES string of the molecule is C.C.CC(C)(C)[Si](C)(C)Cl.CCC1(CC)O[C@@H](N2C=CC(=O)CC2=O)C[C@@H]1C.CC[C@@]1(CN=[N+]=[N-])O[C@@H](N2C=CC(=O)CC2=O)C[C@@H]1C.CC[C@@]12COc3nc(=O)ccn3[C@@H](C[C@@H]1C)O2.C[C@H]1C[C@H](N2C=CC(=O)CC2=O)OC1(CO)CO.C[C@H]1C[C@H](N2C=CC(=O)CC2=O)O[C@@H]1CO.C[C@H]1C[C@H](N2C=CC(=O)CC2=O)O[C@@]1(CO)CN=[N+]=[N-].O=C1C=CN([C@H]2C[C@H](O)[C@@H](CO)O2)C(=O)C1.O=S(=O)(OS(=O)(=O)C(F)(F)F)C(F)(F)F. The minimum absolute atomic E-state index is 0. The van der Waals surface area contributed by atoms with Crippen LogP contribution in [0.1, 0.15) is 220 Å². The number of rotatable bonds is 21. The Kier molecular flexibility index (Phi) is 47.6.